The Morgan fingerprint density at radius 3 is 2.78 bits per heavy atom. The zero-order chi connectivity index (χ0) is 13.4. The highest BCUT2D eigenvalue weighted by Gasteiger charge is 2.00. The summed E-state index contributed by atoms with van der Waals surface area (Å²) in [5.41, 5.74) is 0.782. The molecule has 0 heterocycles. The number of nitrogens with zero attached hydrogens (tertiary/aromatic N) is 1. The van der Waals surface area contributed by atoms with Crippen LogP contribution in [0.5, 0.6) is 5.75 Å². The van der Waals surface area contributed by atoms with Crippen molar-refractivity contribution in [3.8, 4) is 5.75 Å². The quantitative estimate of drug-likeness (QED) is 0.594. The van der Waals surface area contributed by atoms with Crippen molar-refractivity contribution in [2.75, 3.05) is 27.2 Å². The third-order valence-corrected chi connectivity index (χ3v) is 2.33. The van der Waals surface area contributed by atoms with E-state index in [2.05, 4.69) is 4.90 Å². The Labute approximate surface area is 107 Å². The topological polar surface area (TPSA) is 49.8 Å². The number of hydrogen-bond donors (Lipinski definition) is 1. The summed E-state index contributed by atoms with van der Waals surface area (Å²) >= 11 is 0. The second-order valence-corrected chi connectivity index (χ2v) is 4.21. The maximum absolute atomic E-state index is 10.5. The van der Waals surface area contributed by atoms with Crippen LogP contribution in [-0.2, 0) is 4.79 Å². The molecule has 4 nitrogen and oxygen atoms in total. The van der Waals surface area contributed by atoms with Gasteiger partial charge in [0.05, 0.1) is 6.61 Å². The van der Waals surface area contributed by atoms with Crippen LogP contribution in [0.25, 0.3) is 6.08 Å². The number of carboxylic acids is 1. The third-order valence-electron chi connectivity index (χ3n) is 2.33. The van der Waals surface area contributed by atoms with E-state index in [1.54, 1.807) is 6.08 Å². The third kappa shape index (κ3) is 5.50. The Kier molecular flexibility index (Phi) is 5.94. The van der Waals surface area contributed by atoms with Gasteiger partial charge in [0.2, 0.25) is 0 Å². The van der Waals surface area contributed by atoms with Gasteiger partial charge in [-0.05, 0) is 32.7 Å². The molecule has 0 radical (unpaired) electrons. The molecule has 0 aliphatic carbocycles. The van der Waals surface area contributed by atoms with Crippen molar-refractivity contribution in [2.45, 2.75) is 6.42 Å². The van der Waals surface area contributed by atoms with Gasteiger partial charge in [-0.3, -0.25) is 0 Å². The molecule has 0 atom stereocenters. The molecule has 4 heteroatoms. The van der Waals surface area contributed by atoms with Crippen molar-refractivity contribution < 1.29 is 14.6 Å². The zero-order valence-corrected chi connectivity index (χ0v) is 10.8. The summed E-state index contributed by atoms with van der Waals surface area (Å²) in [4.78, 5) is 12.6. The van der Waals surface area contributed by atoms with Gasteiger partial charge in [-0.25, -0.2) is 4.79 Å². The van der Waals surface area contributed by atoms with Crippen LogP contribution in [0.1, 0.15) is 12.0 Å². The number of para-hydroxylation sites is 1. The maximum atomic E-state index is 10.5. The Balaban J connectivity index is 2.56. The van der Waals surface area contributed by atoms with Crippen LogP contribution in [0.15, 0.2) is 30.3 Å². The van der Waals surface area contributed by atoms with Crippen molar-refractivity contribution in [3.05, 3.63) is 35.9 Å². The monoisotopic (exact) mass is 249 g/mol. The van der Waals surface area contributed by atoms with E-state index >= 15 is 0 Å². The maximum Gasteiger partial charge on any atom is 0.328 e. The molecule has 0 spiro atoms. The van der Waals surface area contributed by atoms with Crippen LogP contribution in [-0.4, -0.2) is 43.2 Å². The fourth-order valence-corrected chi connectivity index (χ4v) is 1.47. The minimum atomic E-state index is -0.961. The fraction of sp³-hybridized carbons (Fsp3) is 0.357. The first kappa shape index (κ1) is 14.3. The Bertz CT molecular complexity index is 413. The van der Waals surface area contributed by atoms with E-state index in [0.717, 1.165) is 24.6 Å². The predicted octanol–water partition coefficient (Wildman–Crippen LogP) is 2.11. The molecule has 18 heavy (non-hydrogen) atoms. The second-order valence-electron chi connectivity index (χ2n) is 4.21. The Morgan fingerprint density at radius 2 is 2.11 bits per heavy atom. The zero-order valence-electron chi connectivity index (χ0n) is 10.8. The molecule has 1 aromatic carbocycles. The van der Waals surface area contributed by atoms with Crippen LogP contribution in [0.3, 0.4) is 0 Å². The lowest BCUT2D eigenvalue weighted by Crippen LogP contribution is -2.15. The summed E-state index contributed by atoms with van der Waals surface area (Å²) in [5.74, 6) is -0.244. The van der Waals surface area contributed by atoms with E-state index in [1.807, 2.05) is 38.4 Å². The van der Waals surface area contributed by atoms with Crippen molar-refractivity contribution in [3.63, 3.8) is 0 Å². The molecule has 0 bridgehead atoms. The van der Waals surface area contributed by atoms with Gasteiger partial charge in [-0.15, -0.1) is 0 Å². The number of carbonyl (C=O) groups is 1. The SMILES string of the molecule is CN(C)CCCOc1ccccc1C=CC(=O)O. The number of rotatable bonds is 7. The first-order valence-electron chi connectivity index (χ1n) is 5.87. The molecule has 0 aliphatic rings. The summed E-state index contributed by atoms with van der Waals surface area (Å²) < 4.78 is 5.65. The molecular weight excluding hydrogens is 230 g/mol. The van der Waals surface area contributed by atoms with E-state index in [9.17, 15) is 4.79 Å². The minimum Gasteiger partial charge on any atom is -0.493 e. The van der Waals surface area contributed by atoms with Gasteiger partial charge in [-0.2, -0.15) is 0 Å². The summed E-state index contributed by atoms with van der Waals surface area (Å²) in [6, 6.07) is 7.41. The van der Waals surface area contributed by atoms with E-state index in [0.29, 0.717) is 12.4 Å². The lowest BCUT2D eigenvalue weighted by atomic mass is 10.2. The lowest BCUT2D eigenvalue weighted by molar-refractivity contribution is -0.131. The van der Waals surface area contributed by atoms with Crippen molar-refractivity contribution in [1.82, 2.24) is 4.90 Å². The van der Waals surface area contributed by atoms with Crippen LogP contribution >= 0.6 is 0 Å². The molecule has 0 unspecified atom stereocenters. The number of carboxylic acid groups (broad SMARTS) is 1. The number of hydrogen-bond acceptors (Lipinski definition) is 3. The molecule has 98 valence electrons. The van der Waals surface area contributed by atoms with Crippen LogP contribution < -0.4 is 4.74 Å². The molecule has 0 aromatic heterocycles. The van der Waals surface area contributed by atoms with Gasteiger partial charge in [0.25, 0.3) is 0 Å². The molecule has 1 rings (SSSR count). The molecule has 0 aliphatic heterocycles. The van der Waals surface area contributed by atoms with E-state index < -0.39 is 5.97 Å². The highest BCUT2D eigenvalue weighted by Crippen LogP contribution is 2.19. The minimum absolute atomic E-state index is 0.621. The number of aliphatic carboxylic acids is 1. The second kappa shape index (κ2) is 7.50. The molecule has 0 amide bonds. The van der Waals surface area contributed by atoms with Gasteiger partial charge in [0, 0.05) is 18.2 Å². The van der Waals surface area contributed by atoms with Gasteiger partial charge >= 0.3 is 5.97 Å². The molecule has 0 saturated carbocycles. The van der Waals surface area contributed by atoms with E-state index in [1.165, 1.54) is 0 Å². The summed E-state index contributed by atoms with van der Waals surface area (Å²) in [5, 5.41) is 8.61. The highest BCUT2D eigenvalue weighted by molar-refractivity contribution is 5.85. The summed E-state index contributed by atoms with van der Waals surface area (Å²) in [6.45, 7) is 1.59. The smallest absolute Gasteiger partial charge is 0.328 e. The van der Waals surface area contributed by atoms with Gasteiger partial charge < -0.3 is 14.7 Å². The van der Waals surface area contributed by atoms with Crippen molar-refractivity contribution in [1.29, 1.82) is 0 Å². The van der Waals surface area contributed by atoms with Gasteiger partial charge in [0.1, 0.15) is 5.75 Å². The fourth-order valence-electron chi connectivity index (χ4n) is 1.47. The van der Waals surface area contributed by atoms with Crippen molar-refractivity contribution >= 4 is 12.0 Å². The highest BCUT2D eigenvalue weighted by atomic mass is 16.5. The molecule has 1 N–H and O–H groups in total. The largest absolute Gasteiger partial charge is 0.493 e. The number of benzene rings is 1. The molecule has 0 saturated heterocycles. The first-order chi connectivity index (χ1) is 8.59. The summed E-state index contributed by atoms with van der Waals surface area (Å²) in [6.07, 6.45) is 3.59. The van der Waals surface area contributed by atoms with Gasteiger partial charge in [0.15, 0.2) is 0 Å². The number of ether oxygens (including phenoxy) is 1. The lowest BCUT2D eigenvalue weighted by Gasteiger charge is -2.11. The average Bonchev–Trinajstić information content (AvgIpc) is 2.33. The standard InChI is InChI=1S/C14H19NO3/c1-15(2)10-5-11-18-13-7-4-3-6-12(13)8-9-14(16)17/h3-4,6-9H,5,10-11H2,1-2H3,(H,16,17). The first-order valence-corrected chi connectivity index (χ1v) is 5.87. The van der Waals surface area contributed by atoms with Gasteiger partial charge in [-0.1, -0.05) is 18.2 Å². The normalized spacial score (nSPS) is 11.1. The molecule has 0 fully saturated rings. The Hall–Kier alpha value is -1.81. The van der Waals surface area contributed by atoms with E-state index in [-0.39, 0.29) is 0 Å². The predicted molar refractivity (Wildman–Crippen MR) is 71.8 cm³/mol. The van der Waals surface area contributed by atoms with Crippen LogP contribution in [0.2, 0.25) is 0 Å². The Morgan fingerprint density at radius 1 is 1.39 bits per heavy atom. The average molecular weight is 249 g/mol. The van der Waals surface area contributed by atoms with Crippen molar-refractivity contribution in [2.24, 2.45) is 0 Å². The van der Waals surface area contributed by atoms with Crippen LogP contribution in [0.4, 0.5) is 0 Å². The van der Waals surface area contributed by atoms with Crippen LogP contribution in [0, 0.1) is 0 Å². The molecular formula is C14H19NO3. The molecule has 1 aromatic rings. The summed E-state index contributed by atoms with van der Waals surface area (Å²) in [7, 11) is 4.03. The van der Waals surface area contributed by atoms with E-state index in [4.69, 9.17) is 9.84 Å².